The molecule has 0 bridgehead atoms. The van der Waals surface area contributed by atoms with Gasteiger partial charge in [0.05, 0.1) is 12.2 Å². The number of morpholine rings is 1. The lowest BCUT2D eigenvalue weighted by atomic mass is 10.1. The van der Waals surface area contributed by atoms with E-state index in [0.717, 1.165) is 19.5 Å². The zero-order valence-corrected chi connectivity index (χ0v) is 10.7. The molecule has 0 aliphatic carbocycles. The molecule has 1 fully saturated rings. The molecule has 0 saturated carbocycles. The van der Waals surface area contributed by atoms with Crippen molar-refractivity contribution in [2.24, 2.45) is 5.73 Å². The van der Waals surface area contributed by atoms with E-state index in [2.05, 4.69) is 43.0 Å². The number of nitrogens with zero attached hydrogens (tertiary/aromatic N) is 1. The number of ether oxygens (including phenoxy) is 1. The van der Waals surface area contributed by atoms with Crippen LogP contribution in [0, 0.1) is 0 Å². The van der Waals surface area contributed by atoms with E-state index in [0.29, 0.717) is 18.8 Å². The summed E-state index contributed by atoms with van der Waals surface area (Å²) >= 11 is 0. The van der Waals surface area contributed by atoms with Crippen molar-refractivity contribution in [1.29, 1.82) is 0 Å². The molecule has 17 heavy (non-hydrogen) atoms. The monoisotopic (exact) mass is 234 g/mol. The maximum absolute atomic E-state index is 5.77. The summed E-state index contributed by atoms with van der Waals surface area (Å²) in [5.74, 6) is 0. The van der Waals surface area contributed by atoms with Crippen LogP contribution in [0.2, 0.25) is 0 Å². The predicted molar refractivity (Wildman–Crippen MR) is 71.4 cm³/mol. The normalized spacial score (nSPS) is 25.0. The van der Waals surface area contributed by atoms with Crippen LogP contribution >= 0.6 is 0 Å². The van der Waals surface area contributed by atoms with Gasteiger partial charge in [0, 0.05) is 18.8 Å². The molecule has 94 valence electrons. The molecule has 3 heteroatoms. The van der Waals surface area contributed by atoms with Crippen LogP contribution in [0.5, 0.6) is 0 Å². The highest BCUT2D eigenvalue weighted by atomic mass is 16.5. The quantitative estimate of drug-likeness (QED) is 0.866. The highest BCUT2D eigenvalue weighted by Crippen LogP contribution is 2.24. The first-order valence-electron chi connectivity index (χ1n) is 6.39. The Labute approximate surface area is 104 Å². The summed E-state index contributed by atoms with van der Waals surface area (Å²) in [5.41, 5.74) is 8.33. The molecule has 2 atom stereocenters. The molecule has 1 aliphatic rings. The van der Waals surface area contributed by atoms with Gasteiger partial charge in [-0.15, -0.1) is 0 Å². The largest absolute Gasteiger partial charge is 0.372 e. The standard InChI is InChI=1S/C14H22N2O/c1-11-9-16(10-12(2)17-11)14-6-4-3-5-13(14)7-8-15/h3-6,11-12H,7-10,15H2,1-2H3/t11-,12+. The minimum absolute atomic E-state index is 0.296. The van der Waals surface area contributed by atoms with Gasteiger partial charge in [-0.3, -0.25) is 0 Å². The molecule has 0 radical (unpaired) electrons. The number of anilines is 1. The van der Waals surface area contributed by atoms with Gasteiger partial charge in [-0.2, -0.15) is 0 Å². The first-order valence-corrected chi connectivity index (χ1v) is 6.39. The average molecular weight is 234 g/mol. The molecule has 1 saturated heterocycles. The van der Waals surface area contributed by atoms with Gasteiger partial charge in [0.2, 0.25) is 0 Å². The van der Waals surface area contributed by atoms with Gasteiger partial charge < -0.3 is 15.4 Å². The Morgan fingerprint density at radius 2 is 1.88 bits per heavy atom. The first-order chi connectivity index (χ1) is 8.20. The molecular weight excluding hydrogens is 212 g/mol. The molecule has 3 nitrogen and oxygen atoms in total. The summed E-state index contributed by atoms with van der Waals surface area (Å²) in [6.45, 7) is 6.90. The Morgan fingerprint density at radius 1 is 1.24 bits per heavy atom. The fourth-order valence-corrected chi connectivity index (χ4v) is 2.56. The van der Waals surface area contributed by atoms with E-state index in [1.807, 2.05) is 0 Å². The molecule has 0 unspecified atom stereocenters. The number of hydrogen-bond acceptors (Lipinski definition) is 3. The van der Waals surface area contributed by atoms with Crippen LogP contribution in [0.3, 0.4) is 0 Å². The van der Waals surface area contributed by atoms with Crippen LogP contribution < -0.4 is 10.6 Å². The van der Waals surface area contributed by atoms with Crippen molar-refractivity contribution in [2.75, 3.05) is 24.5 Å². The molecule has 1 aromatic carbocycles. The summed E-state index contributed by atoms with van der Waals surface area (Å²) in [5, 5.41) is 0. The predicted octanol–water partition coefficient (Wildman–Crippen LogP) is 1.80. The van der Waals surface area contributed by atoms with Gasteiger partial charge in [0.1, 0.15) is 0 Å². The van der Waals surface area contributed by atoms with Gasteiger partial charge in [0.15, 0.2) is 0 Å². The Bertz CT molecular complexity index is 357. The average Bonchev–Trinajstić information content (AvgIpc) is 2.29. The lowest BCUT2D eigenvalue weighted by Crippen LogP contribution is -2.45. The van der Waals surface area contributed by atoms with Crippen molar-refractivity contribution >= 4 is 5.69 Å². The molecule has 1 aliphatic heterocycles. The molecule has 0 aromatic heterocycles. The van der Waals surface area contributed by atoms with Crippen molar-refractivity contribution < 1.29 is 4.74 Å². The van der Waals surface area contributed by atoms with Crippen LogP contribution in [-0.2, 0) is 11.2 Å². The summed E-state index contributed by atoms with van der Waals surface area (Å²) in [6.07, 6.45) is 1.53. The molecule has 1 heterocycles. The number of benzene rings is 1. The van der Waals surface area contributed by atoms with Crippen molar-refractivity contribution in [2.45, 2.75) is 32.5 Å². The summed E-state index contributed by atoms with van der Waals surface area (Å²) < 4.78 is 5.77. The van der Waals surface area contributed by atoms with E-state index in [9.17, 15) is 0 Å². The number of hydrogen-bond donors (Lipinski definition) is 1. The van der Waals surface area contributed by atoms with E-state index >= 15 is 0 Å². The number of para-hydroxylation sites is 1. The van der Waals surface area contributed by atoms with E-state index in [4.69, 9.17) is 10.5 Å². The lowest BCUT2D eigenvalue weighted by molar-refractivity contribution is -0.00525. The maximum Gasteiger partial charge on any atom is 0.0726 e. The second-order valence-corrected chi connectivity index (χ2v) is 4.83. The van der Waals surface area contributed by atoms with Gasteiger partial charge >= 0.3 is 0 Å². The smallest absolute Gasteiger partial charge is 0.0726 e. The molecular formula is C14H22N2O. The SMILES string of the molecule is C[C@@H]1CN(c2ccccc2CCN)C[C@H](C)O1. The lowest BCUT2D eigenvalue weighted by Gasteiger charge is -2.37. The van der Waals surface area contributed by atoms with Crippen LogP contribution in [0.25, 0.3) is 0 Å². The van der Waals surface area contributed by atoms with Crippen LogP contribution in [-0.4, -0.2) is 31.8 Å². The summed E-state index contributed by atoms with van der Waals surface area (Å²) in [4.78, 5) is 2.42. The van der Waals surface area contributed by atoms with Crippen LogP contribution in [0.15, 0.2) is 24.3 Å². The van der Waals surface area contributed by atoms with E-state index in [-0.39, 0.29) is 0 Å². The molecule has 2 N–H and O–H groups in total. The minimum Gasteiger partial charge on any atom is -0.372 e. The third kappa shape index (κ3) is 2.99. The Balaban J connectivity index is 2.20. The third-order valence-electron chi connectivity index (χ3n) is 3.17. The zero-order valence-electron chi connectivity index (χ0n) is 10.7. The highest BCUT2D eigenvalue weighted by Gasteiger charge is 2.23. The van der Waals surface area contributed by atoms with Crippen LogP contribution in [0.1, 0.15) is 19.4 Å². The van der Waals surface area contributed by atoms with Crippen molar-refractivity contribution in [3.63, 3.8) is 0 Å². The van der Waals surface area contributed by atoms with Crippen LogP contribution in [0.4, 0.5) is 5.69 Å². The maximum atomic E-state index is 5.77. The fraction of sp³-hybridized carbons (Fsp3) is 0.571. The second-order valence-electron chi connectivity index (χ2n) is 4.83. The summed E-state index contributed by atoms with van der Waals surface area (Å²) in [7, 11) is 0. The number of rotatable bonds is 3. The van der Waals surface area contributed by atoms with Gasteiger partial charge in [-0.05, 0) is 38.4 Å². The topological polar surface area (TPSA) is 38.5 Å². The molecule has 1 aromatic rings. The molecule has 2 rings (SSSR count). The Morgan fingerprint density at radius 3 is 2.53 bits per heavy atom. The molecule has 0 spiro atoms. The fourth-order valence-electron chi connectivity index (χ4n) is 2.56. The van der Waals surface area contributed by atoms with Crippen molar-refractivity contribution in [3.8, 4) is 0 Å². The van der Waals surface area contributed by atoms with Gasteiger partial charge in [-0.1, -0.05) is 18.2 Å². The van der Waals surface area contributed by atoms with Crippen molar-refractivity contribution in [3.05, 3.63) is 29.8 Å². The highest BCUT2D eigenvalue weighted by molar-refractivity contribution is 5.54. The second kappa shape index (κ2) is 5.52. The van der Waals surface area contributed by atoms with Gasteiger partial charge in [0.25, 0.3) is 0 Å². The van der Waals surface area contributed by atoms with E-state index in [1.165, 1.54) is 11.3 Å². The van der Waals surface area contributed by atoms with Gasteiger partial charge in [-0.25, -0.2) is 0 Å². The first kappa shape index (κ1) is 12.4. The van der Waals surface area contributed by atoms with Crippen molar-refractivity contribution in [1.82, 2.24) is 0 Å². The Hall–Kier alpha value is -1.06. The Kier molecular flexibility index (Phi) is 4.02. The zero-order chi connectivity index (χ0) is 12.3. The number of nitrogens with two attached hydrogens (primary N) is 1. The molecule has 0 amide bonds. The third-order valence-corrected chi connectivity index (χ3v) is 3.17. The van der Waals surface area contributed by atoms with E-state index < -0.39 is 0 Å². The van der Waals surface area contributed by atoms with E-state index in [1.54, 1.807) is 0 Å². The summed E-state index contributed by atoms with van der Waals surface area (Å²) in [6, 6.07) is 8.55. The minimum atomic E-state index is 0.296.